The van der Waals surface area contributed by atoms with Gasteiger partial charge in [0.2, 0.25) is 0 Å². The van der Waals surface area contributed by atoms with E-state index in [4.69, 9.17) is 9.93 Å². The number of halogens is 1. The van der Waals surface area contributed by atoms with Gasteiger partial charge in [0.25, 0.3) is 5.91 Å². The van der Waals surface area contributed by atoms with Crippen molar-refractivity contribution in [3.05, 3.63) is 71.3 Å². The highest BCUT2D eigenvalue weighted by molar-refractivity contribution is 6.04. The van der Waals surface area contributed by atoms with Crippen LogP contribution in [-0.2, 0) is 0 Å². The molecule has 28 heavy (non-hydrogen) atoms. The molecule has 1 aliphatic rings. The van der Waals surface area contributed by atoms with E-state index >= 15 is 0 Å². The number of carbonyl (C=O) groups is 1. The number of nitrogens with one attached hydrogen (secondary N) is 2. The Morgan fingerprint density at radius 2 is 2.04 bits per heavy atom. The molecule has 7 heteroatoms. The van der Waals surface area contributed by atoms with Crippen LogP contribution in [0.1, 0.15) is 29.8 Å². The van der Waals surface area contributed by atoms with Crippen LogP contribution >= 0.6 is 0 Å². The summed E-state index contributed by atoms with van der Waals surface area (Å²) in [4.78, 5) is 12.8. The van der Waals surface area contributed by atoms with Crippen LogP contribution in [0.4, 0.5) is 10.1 Å². The average Bonchev–Trinajstić information content (AvgIpc) is 3.14. The number of nitrogens with zero attached hydrogens (tertiary/aromatic N) is 1. The molecule has 0 fully saturated rings. The van der Waals surface area contributed by atoms with Crippen LogP contribution in [0.5, 0.6) is 0 Å². The first-order chi connectivity index (χ1) is 13.7. The molecule has 1 aliphatic carbocycles. The maximum atomic E-state index is 14.0. The van der Waals surface area contributed by atoms with Crippen molar-refractivity contribution in [1.82, 2.24) is 10.5 Å². The quantitative estimate of drug-likeness (QED) is 0.470. The van der Waals surface area contributed by atoms with Crippen LogP contribution in [0.25, 0.3) is 11.0 Å². The molecule has 0 radical (unpaired) electrons. The summed E-state index contributed by atoms with van der Waals surface area (Å²) in [5.41, 5.74) is 2.81. The number of benzene rings is 2. The lowest BCUT2D eigenvalue weighted by molar-refractivity contribution is -0.524. The van der Waals surface area contributed by atoms with Gasteiger partial charge < -0.3 is 15.2 Å². The van der Waals surface area contributed by atoms with Gasteiger partial charge in [0, 0.05) is 24.3 Å². The molecule has 0 spiro atoms. The molecule has 6 nitrogen and oxygen atoms in total. The van der Waals surface area contributed by atoms with Crippen LogP contribution in [0.15, 0.2) is 64.3 Å². The monoisotopic (exact) mass is 379 g/mol. The number of hydrogen-bond donors (Lipinski definition) is 3. The first-order valence-electron chi connectivity index (χ1n) is 9.15. The fraction of sp³-hybridized carbons (Fsp3) is 0.190. The molecule has 1 atom stereocenters. The second-order valence-electron chi connectivity index (χ2n) is 6.74. The molecule has 1 unspecified atom stereocenters. The van der Waals surface area contributed by atoms with Crippen molar-refractivity contribution >= 4 is 28.8 Å². The van der Waals surface area contributed by atoms with E-state index < -0.39 is 0 Å². The fourth-order valence-electron chi connectivity index (χ4n) is 3.58. The highest BCUT2D eigenvalue weighted by Gasteiger charge is 2.28. The highest BCUT2D eigenvalue weighted by Crippen LogP contribution is 2.23. The van der Waals surface area contributed by atoms with Gasteiger partial charge in [0.15, 0.2) is 22.8 Å². The zero-order chi connectivity index (χ0) is 19.5. The number of carbonyl (C=O) groups excluding carboxylic acids is 1. The molecule has 4 N–H and O–H groups in total. The normalized spacial score (nSPS) is 17.0. The SMILES string of the molecule is N=CC1=C([NH2+]c2ccccc2F)CCCC1NC(=O)c1noc2ccccc12. The molecule has 1 aromatic heterocycles. The van der Waals surface area contributed by atoms with E-state index in [9.17, 15) is 9.18 Å². The predicted octanol–water partition coefficient (Wildman–Crippen LogP) is 3.05. The lowest BCUT2D eigenvalue weighted by atomic mass is 9.91. The predicted molar refractivity (Wildman–Crippen MR) is 103 cm³/mol. The van der Waals surface area contributed by atoms with Crippen molar-refractivity contribution in [1.29, 1.82) is 5.41 Å². The molecule has 3 aromatic rings. The summed E-state index contributed by atoms with van der Waals surface area (Å²) in [5, 5.41) is 17.1. The molecule has 4 rings (SSSR count). The number of aromatic nitrogens is 1. The number of rotatable bonds is 5. The minimum Gasteiger partial charge on any atom is -0.355 e. The Balaban J connectivity index is 1.59. The summed E-state index contributed by atoms with van der Waals surface area (Å²) in [6, 6.07) is 13.4. The third-order valence-electron chi connectivity index (χ3n) is 4.97. The van der Waals surface area contributed by atoms with Crippen molar-refractivity contribution < 1.29 is 19.0 Å². The van der Waals surface area contributed by atoms with Gasteiger partial charge in [-0.25, -0.2) is 4.39 Å². The zero-order valence-electron chi connectivity index (χ0n) is 15.1. The van der Waals surface area contributed by atoms with Gasteiger partial charge in [-0.05, 0) is 31.0 Å². The van der Waals surface area contributed by atoms with Crippen LogP contribution in [0.2, 0.25) is 0 Å². The zero-order valence-corrected chi connectivity index (χ0v) is 15.1. The van der Waals surface area contributed by atoms with Crippen molar-refractivity contribution in [2.45, 2.75) is 25.3 Å². The largest absolute Gasteiger partial charge is 0.355 e. The van der Waals surface area contributed by atoms with E-state index in [1.165, 1.54) is 12.3 Å². The first-order valence-corrected chi connectivity index (χ1v) is 9.15. The number of quaternary nitrogens is 1. The topological polar surface area (TPSA) is 95.6 Å². The molecular weight excluding hydrogens is 359 g/mol. The molecule has 1 amide bonds. The summed E-state index contributed by atoms with van der Waals surface area (Å²) >= 11 is 0. The summed E-state index contributed by atoms with van der Waals surface area (Å²) in [6.45, 7) is 0. The third-order valence-corrected chi connectivity index (χ3v) is 4.97. The van der Waals surface area contributed by atoms with E-state index in [-0.39, 0.29) is 23.5 Å². The first kappa shape index (κ1) is 18.1. The Morgan fingerprint density at radius 1 is 1.25 bits per heavy atom. The molecule has 1 heterocycles. The van der Waals surface area contributed by atoms with E-state index in [2.05, 4.69) is 10.5 Å². The highest BCUT2D eigenvalue weighted by atomic mass is 19.1. The van der Waals surface area contributed by atoms with Gasteiger partial charge in [-0.15, -0.1) is 0 Å². The number of amides is 1. The second-order valence-corrected chi connectivity index (χ2v) is 6.74. The van der Waals surface area contributed by atoms with E-state index in [1.54, 1.807) is 35.6 Å². The van der Waals surface area contributed by atoms with E-state index in [0.717, 1.165) is 18.5 Å². The van der Waals surface area contributed by atoms with Crippen molar-refractivity contribution in [3.63, 3.8) is 0 Å². The van der Waals surface area contributed by atoms with Crippen molar-refractivity contribution in [2.24, 2.45) is 0 Å². The standard InChI is InChI=1S/C21H19FN4O2/c22-15-7-2-3-8-18(15)24-16-9-5-10-17(14(16)12-23)25-21(27)20-13-6-1-4-11-19(13)28-26-20/h1-4,6-8,11-12,17,23-24H,5,9-10H2,(H,25,27)/p+1. The number of para-hydroxylation sites is 2. The Hall–Kier alpha value is -3.32. The molecular formula is C21H20FN4O2+. The van der Waals surface area contributed by atoms with Gasteiger partial charge in [-0.3, -0.25) is 10.1 Å². The maximum Gasteiger partial charge on any atom is 0.274 e. The van der Waals surface area contributed by atoms with Gasteiger partial charge >= 0.3 is 0 Å². The second kappa shape index (κ2) is 7.74. The Morgan fingerprint density at radius 3 is 2.86 bits per heavy atom. The molecule has 0 bridgehead atoms. The molecule has 0 aliphatic heterocycles. The number of hydrogen-bond acceptors (Lipinski definition) is 4. The molecule has 0 saturated heterocycles. The van der Waals surface area contributed by atoms with Crippen LogP contribution in [-0.4, -0.2) is 23.3 Å². The Labute approximate surface area is 160 Å². The van der Waals surface area contributed by atoms with Crippen LogP contribution in [0.3, 0.4) is 0 Å². The average molecular weight is 379 g/mol. The number of fused-ring (bicyclic) bond motifs is 1. The Bertz CT molecular complexity index is 1070. The van der Waals surface area contributed by atoms with Gasteiger partial charge in [-0.1, -0.05) is 29.4 Å². The summed E-state index contributed by atoms with van der Waals surface area (Å²) in [7, 11) is 0. The molecule has 2 aromatic carbocycles. The van der Waals surface area contributed by atoms with Gasteiger partial charge in [0.05, 0.1) is 11.4 Å². The minimum atomic E-state index is -0.346. The fourth-order valence-corrected chi connectivity index (χ4v) is 3.58. The number of nitrogens with two attached hydrogens (primary N) is 1. The van der Waals surface area contributed by atoms with Gasteiger partial charge in [-0.2, -0.15) is 0 Å². The maximum absolute atomic E-state index is 14.0. The molecule has 142 valence electrons. The van der Waals surface area contributed by atoms with Gasteiger partial charge in [0.1, 0.15) is 5.70 Å². The van der Waals surface area contributed by atoms with Crippen LogP contribution in [0, 0.1) is 11.2 Å². The van der Waals surface area contributed by atoms with E-state index in [1.807, 2.05) is 12.1 Å². The van der Waals surface area contributed by atoms with Crippen molar-refractivity contribution in [2.75, 3.05) is 0 Å². The number of allylic oxidation sites excluding steroid dienone is 1. The van der Waals surface area contributed by atoms with E-state index in [0.29, 0.717) is 28.7 Å². The summed E-state index contributed by atoms with van der Waals surface area (Å²) < 4.78 is 19.2. The molecule has 0 saturated carbocycles. The third kappa shape index (κ3) is 3.44. The Kier molecular flexibility index (Phi) is 4.99. The lowest BCUT2D eigenvalue weighted by Crippen LogP contribution is -2.77. The lowest BCUT2D eigenvalue weighted by Gasteiger charge is -2.25. The smallest absolute Gasteiger partial charge is 0.274 e. The van der Waals surface area contributed by atoms with Crippen LogP contribution < -0.4 is 10.6 Å². The minimum absolute atomic E-state index is 0.227. The summed E-state index contributed by atoms with van der Waals surface area (Å²) in [5.74, 6) is -0.652. The van der Waals surface area contributed by atoms with Crippen molar-refractivity contribution in [3.8, 4) is 0 Å². The summed E-state index contributed by atoms with van der Waals surface area (Å²) in [6.07, 6.45) is 3.53.